The predicted molar refractivity (Wildman–Crippen MR) is 84.2 cm³/mol. The number of pyridine rings is 1. The molecule has 1 aromatic carbocycles. The number of aromatic nitrogens is 1. The summed E-state index contributed by atoms with van der Waals surface area (Å²) in [6.45, 7) is 7.32. The maximum absolute atomic E-state index is 6.11. The lowest BCUT2D eigenvalue weighted by molar-refractivity contribution is 0.217. The lowest BCUT2D eigenvalue weighted by Crippen LogP contribution is -2.26. The molecule has 1 aromatic heterocycles. The highest BCUT2D eigenvalue weighted by Gasteiger charge is 2.17. The zero-order valence-electron chi connectivity index (χ0n) is 12.6. The molecule has 0 radical (unpaired) electrons. The van der Waals surface area contributed by atoms with Crippen molar-refractivity contribution in [2.45, 2.75) is 26.9 Å². The average molecular weight is 283 g/mol. The van der Waals surface area contributed by atoms with E-state index in [2.05, 4.69) is 22.0 Å². The number of nitrogens with two attached hydrogens (primary N) is 1. The third-order valence-electron chi connectivity index (χ3n) is 4.08. The SMILES string of the molecule is Cc1cnc(CN2CCOc3ccccc3C2)c(C)c1N. The molecule has 1 aliphatic rings. The van der Waals surface area contributed by atoms with Crippen LogP contribution in [-0.2, 0) is 13.1 Å². The van der Waals surface area contributed by atoms with Gasteiger partial charge in [-0.15, -0.1) is 0 Å². The van der Waals surface area contributed by atoms with E-state index in [1.807, 2.05) is 32.2 Å². The summed E-state index contributed by atoms with van der Waals surface area (Å²) < 4.78 is 5.80. The molecule has 0 spiro atoms. The number of fused-ring (bicyclic) bond motifs is 1. The van der Waals surface area contributed by atoms with E-state index in [1.54, 1.807) is 0 Å². The largest absolute Gasteiger partial charge is 0.492 e. The molecular weight excluding hydrogens is 262 g/mol. The third kappa shape index (κ3) is 2.85. The van der Waals surface area contributed by atoms with Gasteiger partial charge in [0.2, 0.25) is 0 Å². The van der Waals surface area contributed by atoms with E-state index in [9.17, 15) is 0 Å². The standard InChI is InChI=1S/C17H21N3O/c1-12-9-19-15(13(2)17(12)18)11-20-7-8-21-16-6-4-3-5-14(16)10-20/h3-6,9H,7-8,10-11H2,1-2H3,(H2,18,19). The number of hydrogen-bond donors (Lipinski definition) is 1. The minimum atomic E-state index is 0.706. The molecule has 0 unspecified atom stereocenters. The summed E-state index contributed by atoms with van der Waals surface area (Å²) in [6, 6.07) is 8.23. The minimum Gasteiger partial charge on any atom is -0.492 e. The fourth-order valence-electron chi connectivity index (χ4n) is 2.68. The van der Waals surface area contributed by atoms with Gasteiger partial charge in [0, 0.05) is 37.1 Å². The van der Waals surface area contributed by atoms with Crippen LogP contribution in [0.3, 0.4) is 0 Å². The normalized spacial score (nSPS) is 15.1. The Morgan fingerprint density at radius 1 is 1.29 bits per heavy atom. The molecule has 0 saturated carbocycles. The molecule has 4 heteroatoms. The lowest BCUT2D eigenvalue weighted by atomic mass is 10.1. The summed E-state index contributed by atoms with van der Waals surface area (Å²) in [5.74, 6) is 0.994. The van der Waals surface area contributed by atoms with E-state index in [0.717, 1.165) is 47.9 Å². The van der Waals surface area contributed by atoms with Crippen molar-refractivity contribution >= 4 is 5.69 Å². The van der Waals surface area contributed by atoms with Crippen LogP contribution in [0, 0.1) is 13.8 Å². The van der Waals surface area contributed by atoms with Crippen LogP contribution in [0.25, 0.3) is 0 Å². The number of aryl methyl sites for hydroxylation is 1. The molecular formula is C17H21N3O. The fraction of sp³-hybridized carbons (Fsp3) is 0.353. The van der Waals surface area contributed by atoms with Crippen molar-refractivity contribution in [2.24, 2.45) is 0 Å². The van der Waals surface area contributed by atoms with Gasteiger partial charge in [-0.2, -0.15) is 0 Å². The zero-order chi connectivity index (χ0) is 14.8. The second-order valence-corrected chi connectivity index (χ2v) is 5.59. The van der Waals surface area contributed by atoms with E-state index < -0.39 is 0 Å². The van der Waals surface area contributed by atoms with E-state index >= 15 is 0 Å². The summed E-state index contributed by atoms with van der Waals surface area (Å²) in [5, 5.41) is 0. The molecule has 1 aliphatic heterocycles. The maximum atomic E-state index is 6.11. The van der Waals surface area contributed by atoms with Gasteiger partial charge in [-0.3, -0.25) is 9.88 Å². The monoisotopic (exact) mass is 283 g/mol. The van der Waals surface area contributed by atoms with Crippen LogP contribution in [0.15, 0.2) is 30.5 Å². The van der Waals surface area contributed by atoms with Crippen LogP contribution in [0.4, 0.5) is 5.69 Å². The van der Waals surface area contributed by atoms with Crippen LogP contribution >= 0.6 is 0 Å². The Morgan fingerprint density at radius 2 is 2.10 bits per heavy atom. The number of ether oxygens (including phenoxy) is 1. The Labute approximate surface area is 125 Å². The number of para-hydroxylation sites is 1. The minimum absolute atomic E-state index is 0.706. The van der Waals surface area contributed by atoms with Gasteiger partial charge in [-0.1, -0.05) is 18.2 Å². The first-order valence-corrected chi connectivity index (χ1v) is 7.29. The molecule has 0 aliphatic carbocycles. The van der Waals surface area contributed by atoms with Gasteiger partial charge in [0.15, 0.2) is 0 Å². The van der Waals surface area contributed by atoms with Crippen LogP contribution in [0.5, 0.6) is 5.75 Å². The summed E-state index contributed by atoms with van der Waals surface area (Å²) in [6.07, 6.45) is 1.86. The quantitative estimate of drug-likeness (QED) is 0.920. The maximum Gasteiger partial charge on any atom is 0.123 e. The molecule has 0 amide bonds. The summed E-state index contributed by atoms with van der Waals surface area (Å²) in [5.41, 5.74) is 11.4. The fourth-order valence-corrected chi connectivity index (χ4v) is 2.68. The highest BCUT2D eigenvalue weighted by Crippen LogP contribution is 2.24. The first-order valence-electron chi connectivity index (χ1n) is 7.29. The number of anilines is 1. The van der Waals surface area contributed by atoms with Crippen molar-refractivity contribution in [3.8, 4) is 5.75 Å². The summed E-state index contributed by atoms with van der Waals surface area (Å²) in [7, 11) is 0. The second kappa shape index (κ2) is 5.74. The van der Waals surface area contributed by atoms with Gasteiger partial charge in [-0.25, -0.2) is 0 Å². The molecule has 21 heavy (non-hydrogen) atoms. The second-order valence-electron chi connectivity index (χ2n) is 5.59. The molecule has 110 valence electrons. The number of nitrogen functional groups attached to an aromatic ring is 1. The van der Waals surface area contributed by atoms with Crippen LogP contribution < -0.4 is 10.5 Å². The van der Waals surface area contributed by atoms with Crippen molar-refractivity contribution in [3.05, 3.63) is 52.8 Å². The number of nitrogens with zero attached hydrogens (tertiary/aromatic N) is 2. The number of rotatable bonds is 2. The molecule has 0 fully saturated rings. The van der Waals surface area contributed by atoms with Crippen molar-refractivity contribution in [1.82, 2.24) is 9.88 Å². The third-order valence-corrected chi connectivity index (χ3v) is 4.08. The molecule has 0 saturated heterocycles. The average Bonchev–Trinajstić information content (AvgIpc) is 2.69. The van der Waals surface area contributed by atoms with Gasteiger partial charge in [0.1, 0.15) is 12.4 Å². The van der Waals surface area contributed by atoms with Crippen LogP contribution in [0.1, 0.15) is 22.4 Å². The number of hydrogen-bond acceptors (Lipinski definition) is 4. The molecule has 2 aromatic rings. The van der Waals surface area contributed by atoms with Gasteiger partial charge in [0.05, 0.1) is 5.69 Å². The highest BCUT2D eigenvalue weighted by atomic mass is 16.5. The van der Waals surface area contributed by atoms with Gasteiger partial charge < -0.3 is 10.5 Å². The lowest BCUT2D eigenvalue weighted by Gasteiger charge is -2.20. The van der Waals surface area contributed by atoms with E-state index in [0.29, 0.717) is 6.61 Å². The van der Waals surface area contributed by atoms with Gasteiger partial charge in [0.25, 0.3) is 0 Å². The topological polar surface area (TPSA) is 51.4 Å². The Balaban J connectivity index is 1.81. The molecule has 3 rings (SSSR count). The Kier molecular flexibility index (Phi) is 3.80. The van der Waals surface area contributed by atoms with Crippen molar-refractivity contribution < 1.29 is 4.74 Å². The Hall–Kier alpha value is -2.07. The first kappa shape index (κ1) is 13.9. The Morgan fingerprint density at radius 3 is 2.95 bits per heavy atom. The van der Waals surface area contributed by atoms with E-state index in [-0.39, 0.29) is 0 Å². The zero-order valence-corrected chi connectivity index (χ0v) is 12.6. The van der Waals surface area contributed by atoms with Crippen LogP contribution in [0.2, 0.25) is 0 Å². The summed E-state index contributed by atoms with van der Waals surface area (Å²) in [4.78, 5) is 6.91. The highest BCUT2D eigenvalue weighted by molar-refractivity contribution is 5.53. The predicted octanol–water partition coefficient (Wildman–Crippen LogP) is 2.68. The molecule has 2 heterocycles. The van der Waals surface area contributed by atoms with Crippen molar-refractivity contribution in [3.63, 3.8) is 0 Å². The molecule has 2 N–H and O–H groups in total. The molecule has 4 nitrogen and oxygen atoms in total. The van der Waals surface area contributed by atoms with Crippen molar-refractivity contribution in [1.29, 1.82) is 0 Å². The molecule has 0 bridgehead atoms. The summed E-state index contributed by atoms with van der Waals surface area (Å²) >= 11 is 0. The molecule has 0 atom stereocenters. The number of benzene rings is 1. The smallest absolute Gasteiger partial charge is 0.123 e. The van der Waals surface area contributed by atoms with Gasteiger partial charge in [-0.05, 0) is 31.0 Å². The van der Waals surface area contributed by atoms with Gasteiger partial charge >= 0.3 is 0 Å². The van der Waals surface area contributed by atoms with E-state index in [4.69, 9.17) is 10.5 Å². The van der Waals surface area contributed by atoms with Crippen LogP contribution in [-0.4, -0.2) is 23.0 Å². The van der Waals surface area contributed by atoms with E-state index in [1.165, 1.54) is 5.56 Å². The first-order chi connectivity index (χ1) is 10.1. The van der Waals surface area contributed by atoms with Crippen molar-refractivity contribution in [2.75, 3.05) is 18.9 Å². The Bertz CT molecular complexity index is 654.